The van der Waals surface area contributed by atoms with Crippen LogP contribution in [0, 0.1) is 0 Å². The number of rotatable bonds is 5. The Morgan fingerprint density at radius 2 is 1.97 bits per heavy atom. The number of aromatic nitrogens is 4. The summed E-state index contributed by atoms with van der Waals surface area (Å²) in [6.07, 6.45) is 7.54. The second-order valence-corrected chi connectivity index (χ2v) is 9.74. The minimum absolute atomic E-state index is 0.109. The monoisotopic (exact) mass is 525 g/mol. The number of halogens is 2. The summed E-state index contributed by atoms with van der Waals surface area (Å²) >= 11 is 12.7. The lowest BCUT2D eigenvalue weighted by Crippen LogP contribution is -2.19. The Morgan fingerprint density at radius 3 is 2.78 bits per heavy atom. The van der Waals surface area contributed by atoms with Gasteiger partial charge in [0.05, 0.1) is 21.2 Å². The third kappa shape index (κ3) is 4.34. The second-order valence-electron chi connectivity index (χ2n) is 8.92. The molecule has 4 aromatic rings. The zero-order valence-electron chi connectivity index (χ0n) is 19.7. The number of hydrogen-bond acceptors (Lipinski definition) is 7. The minimum Gasteiger partial charge on any atom is -0.486 e. The number of ether oxygens (including phenoxy) is 3. The molecule has 5 heterocycles. The fourth-order valence-electron chi connectivity index (χ4n) is 4.77. The van der Waals surface area contributed by atoms with E-state index in [1.165, 1.54) is 0 Å². The fraction of sp³-hybridized carbons (Fsp3) is 0.346. The summed E-state index contributed by atoms with van der Waals surface area (Å²) in [4.78, 5) is 8.56. The van der Waals surface area contributed by atoms with Crippen molar-refractivity contribution in [3.8, 4) is 22.9 Å². The van der Waals surface area contributed by atoms with E-state index < -0.39 is 0 Å². The van der Waals surface area contributed by atoms with Crippen LogP contribution in [0.2, 0.25) is 10.0 Å². The number of nitrogens with one attached hydrogen (secondary N) is 1. The molecule has 1 fully saturated rings. The van der Waals surface area contributed by atoms with Crippen LogP contribution in [0.5, 0.6) is 11.6 Å². The Bertz CT molecular complexity index is 1400. The van der Waals surface area contributed by atoms with Gasteiger partial charge in [-0.1, -0.05) is 23.2 Å². The van der Waals surface area contributed by atoms with E-state index in [1.807, 2.05) is 35.9 Å². The molecule has 186 valence electrons. The Balaban J connectivity index is 1.42. The molecule has 1 aromatic carbocycles. The van der Waals surface area contributed by atoms with Crippen molar-refractivity contribution in [2.24, 2.45) is 0 Å². The van der Waals surface area contributed by atoms with Crippen LogP contribution in [0.25, 0.3) is 22.2 Å². The molecule has 1 N–H and O–H groups in total. The molecule has 0 aliphatic carbocycles. The summed E-state index contributed by atoms with van der Waals surface area (Å²) in [7, 11) is 0. The van der Waals surface area contributed by atoms with Gasteiger partial charge in [0.15, 0.2) is 6.23 Å². The van der Waals surface area contributed by atoms with Crippen LogP contribution in [0.3, 0.4) is 0 Å². The predicted octanol–water partition coefficient (Wildman–Crippen LogP) is 6.44. The highest BCUT2D eigenvalue weighted by atomic mass is 35.5. The van der Waals surface area contributed by atoms with Gasteiger partial charge in [0.25, 0.3) is 0 Å². The molecule has 2 aliphatic rings. The highest BCUT2D eigenvalue weighted by Crippen LogP contribution is 2.38. The molecule has 0 bridgehead atoms. The van der Waals surface area contributed by atoms with E-state index in [0.717, 1.165) is 60.3 Å². The van der Waals surface area contributed by atoms with Gasteiger partial charge in [0, 0.05) is 48.3 Å². The molecule has 2 atom stereocenters. The highest BCUT2D eigenvalue weighted by Gasteiger charge is 2.24. The van der Waals surface area contributed by atoms with Gasteiger partial charge < -0.3 is 19.5 Å². The Kier molecular flexibility index (Phi) is 6.33. The molecule has 10 heteroatoms. The zero-order chi connectivity index (χ0) is 24.6. The van der Waals surface area contributed by atoms with E-state index in [4.69, 9.17) is 42.5 Å². The lowest BCUT2D eigenvalue weighted by Gasteiger charge is -2.23. The first-order valence-corrected chi connectivity index (χ1v) is 12.8. The van der Waals surface area contributed by atoms with Crippen LogP contribution in [-0.4, -0.2) is 39.5 Å². The smallest absolute Gasteiger partial charge is 0.237 e. The third-order valence-corrected chi connectivity index (χ3v) is 7.10. The van der Waals surface area contributed by atoms with Gasteiger partial charge in [-0.2, -0.15) is 5.10 Å². The van der Waals surface area contributed by atoms with E-state index >= 15 is 0 Å². The SMILES string of the molecule is C[C@@H](Oc1ccc2c(c1)c(-c1cnc3c(c1)NCCO3)nn2C1CCCCO1)c1c(Cl)cncc1Cl. The van der Waals surface area contributed by atoms with Crippen molar-refractivity contribution in [1.82, 2.24) is 19.7 Å². The van der Waals surface area contributed by atoms with Gasteiger partial charge in [-0.25, -0.2) is 9.67 Å². The predicted molar refractivity (Wildman–Crippen MR) is 139 cm³/mol. The van der Waals surface area contributed by atoms with Crippen LogP contribution >= 0.6 is 23.2 Å². The first kappa shape index (κ1) is 23.3. The maximum atomic E-state index is 6.36. The minimum atomic E-state index is -0.377. The van der Waals surface area contributed by atoms with Gasteiger partial charge >= 0.3 is 0 Å². The van der Waals surface area contributed by atoms with Gasteiger partial charge in [-0.3, -0.25) is 4.98 Å². The van der Waals surface area contributed by atoms with Crippen molar-refractivity contribution in [2.75, 3.05) is 25.1 Å². The summed E-state index contributed by atoms with van der Waals surface area (Å²) in [5.41, 5.74) is 4.22. The molecule has 6 rings (SSSR count). The number of benzene rings is 1. The van der Waals surface area contributed by atoms with Crippen LogP contribution in [0.1, 0.15) is 44.1 Å². The maximum Gasteiger partial charge on any atom is 0.237 e. The Labute approximate surface area is 218 Å². The van der Waals surface area contributed by atoms with Crippen molar-refractivity contribution < 1.29 is 14.2 Å². The molecule has 1 unspecified atom stereocenters. The summed E-state index contributed by atoms with van der Waals surface area (Å²) in [6.45, 7) is 3.98. The number of anilines is 1. The molecule has 2 aliphatic heterocycles. The topological polar surface area (TPSA) is 83.3 Å². The van der Waals surface area contributed by atoms with E-state index in [2.05, 4.69) is 15.3 Å². The number of nitrogens with zero attached hydrogens (tertiary/aromatic N) is 4. The maximum absolute atomic E-state index is 6.36. The van der Waals surface area contributed by atoms with Crippen molar-refractivity contribution in [1.29, 1.82) is 0 Å². The van der Waals surface area contributed by atoms with Crippen LogP contribution in [0.15, 0.2) is 42.9 Å². The average Bonchev–Trinajstić information content (AvgIpc) is 3.28. The third-order valence-electron chi connectivity index (χ3n) is 6.50. The lowest BCUT2D eigenvalue weighted by molar-refractivity contribution is -0.0365. The molecule has 0 saturated carbocycles. The molecule has 36 heavy (non-hydrogen) atoms. The van der Waals surface area contributed by atoms with E-state index in [-0.39, 0.29) is 12.3 Å². The molecular formula is C26H25Cl2N5O3. The summed E-state index contributed by atoms with van der Waals surface area (Å²) in [5.74, 6) is 1.28. The van der Waals surface area contributed by atoms with Crippen LogP contribution in [-0.2, 0) is 4.74 Å². The van der Waals surface area contributed by atoms with Crippen molar-refractivity contribution >= 4 is 39.8 Å². The van der Waals surface area contributed by atoms with E-state index in [9.17, 15) is 0 Å². The Morgan fingerprint density at radius 1 is 1.11 bits per heavy atom. The van der Waals surface area contributed by atoms with Crippen LogP contribution < -0.4 is 14.8 Å². The average molecular weight is 526 g/mol. The normalized spacial score (nSPS) is 18.2. The molecule has 3 aromatic heterocycles. The second kappa shape index (κ2) is 9.76. The molecular weight excluding hydrogens is 501 g/mol. The van der Waals surface area contributed by atoms with Crippen LogP contribution in [0.4, 0.5) is 5.69 Å². The molecule has 8 nitrogen and oxygen atoms in total. The summed E-state index contributed by atoms with van der Waals surface area (Å²) < 4.78 is 20.0. The Hall–Kier alpha value is -3.07. The van der Waals surface area contributed by atoms with Crippen molar-refractivity contribution in [3.05, 3.63) is 58.5 Å². The van der Waals surface area contributed by atoms with Gasteiger partial charge in [0.2, 0.25) is 5.88 Å². The number of fused-ring (bicyclic) bond motifs is 2. The highest BCUT2D eigenvalue weighted by molar-refractivity contribution is 6.35. The first-order valence-electron chi connectivity index (χ1n) is 12.0. The summed E-state index contributed by atoms with van der Waals surface area (Å²) in [5, 5.41) is 10.2. The first-order chi connectivity index (χ1) is 17.6. The number of hydrogen-bond donors (Lipinski definition) is 1. The number of pyridine rings is 2. The lowest BCUT2D eigenvalue weighted by atomic mass is 10.1. The molecule has 0 amide bonds. The molecule has 0 spiro atoms. The van der Waals surface area contributed by atoms with Gasteiger partial charge in [0.1, 0.15) is 24.2 Å². The van der Waals surface area contributed by atoms with Crippen molar-refractivity contribution in [3.63, 3.8) is 0 Å². The van der Waals surface area contributed by atoms with Crippen molar-refractivity contribution in [2.45, 2.75) is 38.5 Å². The molecule has 1 saturated heterocycles. The zero-order valence-corrected chi connectivity index (χ0v) is 21.2. The van der Waals surface area contributed by atoms with Gasteiger partial charge in [-0.15, -0.1) is 0 Å². The quantitative estimate of drug-likeness (QED) is 0.320. The largest absolute Gasteiger partial charge is 0.486 e. The fourth-order valence-corrected chi connectivity index (χ4v) is 5.44. The molecule has 0 radical (unpaired) electrons. The van der Waals surface area contributed by atoms with E-state index in [1.54, 1.807) is 18.6 Å². The standard InChI is InChI=1S/C26H25Cl2N5O3/c1-15(24-19(27)13-29-14-20(24)28)36-17-5-6-22-18(11-17)25(32-33(22)23-4-2-3-8-34-23)16-10-21-26(31-12-16)35-9-7-30-21/h5-6,10-15,23,30H,2-4,7-9H2,1H3/t15-,23?/m1/s1. The summed E-state index contributed by atoms with van der Waals surface area (Å²) in [6, 6.07) is 7.99. The van der Waals surface area contributed by atoms with Gasteiger partial charge in [-0.05, 0) is 50.5 Å². The van der Waals surface area contributed by atoms with E-state index in [0.29, 0.717) is 33.8 Å².